The van der Waals surface area contributed by atoms with E-state index in [-0.39, 0.29) is 11.2 Å². The topological polar surface area (TPSA) is 54.4 Å². The minimum absolute atomic E-state index is 0.0206. The van der Waals surface area contributed by atoms with Gasteiger partial charge in [0.2, 0.25) is 0 Å². The Kier molecular flexibility index (Phi) is 1.84. The molecule has 0 aromatic carbocycles. The molecule has 0 saturated heterocycles. The van der Waals surface area contributed by atoms with Gasteiger partial charge in [0.15, 0.2) is 0 Å². The first-order valence-electron chi connectivity index (χ1n) is 6.86. The summed E-state index contributed by atoms with van der Waals surface area (Å²) in [5, 5.41) is 0. The Hall–Kier alpha value is -0.0900. The highest BCUT2D eigenvalue weighted by Gasteiger charge is 2.70. The molecule has 4 rings (SSSR count). The second-order valence-corrected chi connectivity index (χ2v) is 8.86. The molecular formula is C13H20O3S. The maximum absolute atomic E-state index is 11.0. The van der Waals surface area contributed by atoms with Gasteiger partial charge in [0.05, 0.1) is 5.75 Å². The lowest BCUT2D eigenvalue weighted by Crippen LogP contribution is -2.41. The predicted octanol–water partition coefficient (Wildman–Crippen LogP) is 2.48. The van der Waals surface area contributed by atoms with Crippen molar-refractivity contribution in [1.29, 1.82) is 0 Å². The molecule has 3 nitrogen and oxygen atoms in total. The first kappa shape index (κ1) is 10.8. The lowest BCUT2D eigenvalue weighted by atomic mass is 9.55. The lowest BCUT2D eigenvalue weighted by Gasteiger charge is -2.49. The summed E-state index contributed by atoms with van der Waals surface area (Å²) in [6.45, 7) is 0. The standard InChI is InChI=1S/C13H20O3S/c14-17(15,16)2-1-12-5-9-3-10-4-11(7-12)13(10,6-9)8-12/h9-11H,1-8H2,(H,14,15,16). The van der Waals surface area contributed by atoms with Crippen molar-refractivity contribution in [2.45, 2.75) is 44.9 Å². The SMILES string of the molecule is O=S(=O)(O)CCC12CC3CC4CC(C1)C4(C3)C2. The van der Waals surface area contributed by atoms with E-state index in [9.17, 15) is 8.42 Å². The Bertz CT molecular complexity index is 467. The Morgan fingerprint density at radius 1 is 1.12 bits per heavy atom. The molecule has 0 heterocycles. The van der Waals surface area contributed by atoms with Crippen molar-refractivity contribution < 1.29 is 13.0 Å². The summed E-state index contributed by atoms with van der Waals surface area (Å²) in [4.78, 5) is 0. The average Bonchev–Trinajstić information content (AvgIpc) is 2.52. The number of rotatable bonds is 3. The van der Waals surface area contributed by atoms with Gasteiger partial charge in [-0.1, -0.05) is 0 Å². The van der Waals surface area contributed by atoms with Gasteiger partial charge in [0.25, 0.3) is 10.1 Å². The fourth-order valence-corrected chi connectivity index (χ4v) is 6.87. The normalized spacial score (nSPS) is 54.8. The molecule has 0 aromatic heterocycles. The summed E-state index contributed by atoms with van der Waals surface area (Å²) in [5.41, 5.74) is 0.900. The average molecular weight is 256 g/mol. The molecule has 4 saturated carbocycles. The zero-order valence-corrected chi connectivity index (χ0v) is 10.9. The van der Waals surface area contributed by atoms with Gasteiger partial charge in [-0.3, -0.25) is 4.55 Å². The first-order valence-corrected chi connectivity index (χ1v) is 8.47. The zero-order chi connectivity index (χ0) is 11.9. The molecule has 0 amide bonds. The van der Waals surface area contributed by atoms with Gasteiger partial charge < -0.3 is 0 Å². The van der Waals surface area contributed by atoms with Gasteiger partial charge in [-0.2, -0.15) is 8.42 Å². The van der Waals surface area contributed by atoms with Crippen LogP contribution in [0.5, 0.6) is 0 Å². The van der Waals surface area contributed by atoms with Gasteiger partial charge in [0.1, 0.15) is 0 Å². The Morgan fingerprint density at radius 2 is 1.94 bits per heavy atom. The summed E-state index contributed by atoms with van der Waals surface area (Å²) in [6.07, 6.45) is 8.69. The molecule has 1 N–H and O–H groups in total. The monoisotopic (exact) mass is 256 g/mol. The highest BCUT2D eigenvalue weighted by atomic mass is 32.2. The molecule has 3 bridgehead atoms. The van der Waals surface area contributed by atoms with Crippen molar-refractivity contribution in [3.63, 3.8) is 0 Å². The molecular weight excluding hydrogens is 236 g/mol. The minimum Gasteiger partial charge on any atom is -0.286 e. The van der Waals surface area contributed by atoms with Crippen LogP contribution < -0.4 is 0 Å². The van der Waals surface area contributed by atoms with Crippen molar-refractivity contribution in [3.05, 3.63) is 0 Å². The Labute approximate surface area is 103 Å². The summed E-state index contributed by atoms with van der Waals surface area (Å²) in [5.74, 6) is 2.70. The zero-order valence-electron chi connectivity index (χ0n) is 10.1. The van der Waals surface area contributed by atoms with Crippen LogP contribution in [0.4, 0.5) is 0 Å². The Morgan fingerprint density at radius 3 is 2.71 bits per heavy atom. The maximum Gasteiger partial charge on any atom is 0.264 e. The fourth-order valence-electron chi connectivity index (χ4n) is 6.17. The van der Waals surface area contributed by atoms with Crippen LogP contribution in [0.25, 0.3) is 0 Å². The molecule has 1 spiro atoms. The second kappa shape index (κ2) is 2.90. The van der Waals surface area contributed by atoms with Gasteiger partial charge in [-0.25, -0.2) is 0 Å². The van der Waals surface area contributed by atoms with Crippen molar-refractivity contribution in [2.24, 2.45) is 28.6 Å². The molecule has 4 fully saturated rings. The van der Waals surface area contributed by atoms with Crippen LogP contribution in [0, 0.1) is 28.6 Å². The van der Waals surface area contributed by atoms with Crippen LogP contribution in [0.2, 0.25) is 0 Å². The molecule has 4 aliphatic rings. The molecule has 0 radical (unpaired) electrons. The third-order valence-corrected chi connectivity index (χ3v) is 7.20. The highest BCUT2D eigenvalue weighted by Crippen LogP contribution is 2.79. The smallest absolute Gasteiger partial charge is 0.264 e. The van der Waals surface area contributed by atoms with Crippen LogP contribution in [0.15, 0.2) is 0 Å². The first-order chi connectivity index (χ1) is 7.91. The van der Waals surface area contributed by atoms with E-state index in [0.717, 1.165) is 17.8 Å². The summed E-state index contributed by atoms with van der Waals surface area (Å²) >= 11 is 0. The van der Waals surface area contributed by atoms with E-state index in [4.69, 9.17) is 4.55 Å². The number of hydrogen-bond donors (Lipinski definition) is 1. The van der Waals surface area contributed by atoms with E-state index in [1.165, 1.54) is 38.5 Å². The van der Waals surface area contributed by atoms with Crippen molar-refractivity contribution in [3.8, 4) is 0 Å². The van der Waals surface area contributed by atoms with E-state index < -0.39 is 10.1 Å². The van der Waals surface area contributed by atoms with Crippen molar-refractivity contribution in [2.75, 3.05) is 5.75 Å². The third-order valence-electron chi connectivity index (χ3n) is 6.48. The third kappa shape index (κ3) is 1.34. The summed E-state index contributed by atoms with van der Waals surface area (Å²) in [7, 11) is -3.77. The van der Waals surface area contributed by atoms with Crippen LogP contribution in [0.1, 0.15) is 44.9 Å². The van der Waals surface area contributed by atoms with Crippen molar-refractivity contribution >= 4 is 10.1 Å². The van der Waals surface area contributed by atoms with Crippen LogP contribution in [-0.4, -0.2) is 18.7 Å². The van der Waals surface area contributed by atoms with Gasteiger partial charge >= 0.3 is 0 Å². The summed E-state index contributed by atoms with van der Waals surface area (Å²) < 4.78 is 30.9. The van der Waals surface area contributed by atoms with E-state index in [1.54, 1.807) is 0 Å². The maximum atomic E-state index is 11.0. The predicted molar refractivity (Wildman–Crippen MR) is 64.1 cm³/mol. The molecule has 4 heteroatoms. The van der Waals surface area contributed by atoms with Gasteiger partial charge in [0, 0.05) is 0 Å². The largest absolute Gasteiger partial charge is 0.286 e. The molecule has 96 valence electrons. The fraction of sp³-hybridized carbons (Fsp3) is 1.00. The van der Waals surface area contributed by atoms with Crippen LogP contribution in [-0.2, 0) is 10.1 Å². The van der Waals surface area contributed by atoms with E-state index in [0.29, 0.717) is 11.8 Å². The van der Waals surface area contributed by atoms with Crippen LogP contribution in [0.3, 0.4) is 0 Å². The Balaban J connectivity index is 1.60. The van der Waals surface area contributed by atoms with Crippen molar-refractivity contribution in [1.82, 2.24) is 0 Å². The lowest BCUT2D eigenvalue weighted by molar-refractivity contribution is -0.00275. The minimum atomic E-state index is -3.77. The molecule has 5 unspecified atom stereocenters. The number of fused-ring (bicyclic) bond motifs is 2. The molecule has 4 aliphatic carbocycles. The molecule has 0 aromatic rings. The molecule has 17 heavy (non-hydrogen) atoms. The van der Waals surface area contributed by atoms with Crippen LogP contribution >= 0.6 is 0 Å². The molecule has 0 aliphatic heterocycles. The van der Waals surface area contributed by atoms with Gasteiger partial charge in [-0.05, 0) is 73.5 Å². The van der Waals surface area contributed by atoms with Gasteiger partial charge in [-0.15, -0.1) is 0 Å². The summed E-state index contributed by atoms with van der Waals surface area (Å²) in [6, 6.07) is 0. The number of hydrogen-bond acceptors (Lipinski definition) is 2. The van der Waals surface area contributed by atoms with E-state index in [2.05, 4.69) is 0 Å². The second-order valence-electron chi connectivity index (χ2n) is 7.29. The van der Waals surface area contributed by atoms with E-state index >= 15 is 0 Å². The van der Waals surface area contributed by atoms with E-state index in [1.807, 2.05) is 0 Å². The quantitative estimate of drug-likeness (QED) is 0.789. The molecule has 5 atom stereocenters. The highest BCUT2D eigenvalue weighted by molar-refractivity contribution is 7.85.